The van der Waals surface area contributed by atoms with Crippen LogP contribution in [0.3, 0.4) is 0 Å². The Labute approximate surface area is 187 Å². The lowest BCUT2D eigenvalue weighted by atomic mass is 9.81. The Morgan fingerprint density at radius 3 is 2.41 bits per heavy atom. The van der Waals surface area contributed by atoms with Gasteiger partial charge in [-0.15, -0.1) is 0 Å². The minimum absolute atomic E-state index is 0.0104. The van der Waals surface area contributed by atoms with Crippen molar-refractivity contribution in [3.8, 4) is 0 Å². The summed E-state index contributed by atoms with van der Waals surface area (Å²) in [5.74, 6) is 0.259. The molecular formula is C26H27FN4O. The predicted molar refractivity (Wildman–Crippen MR) is 122 cm³/mol. The number of halogens is 1. The van der Waals surface area contributed by atoms with E-state index >= 15 is 0 Å². The maximum absolute atomic E-state index is 14.4. The van der Waals surface area contributed by atoms with Crippen LogP contribution in [0.5, 0.6) is 0 Å². The third kappa shape index (κ3) is 4.15. The largest absolute Gasteiger partial charge is 0.338 e. The number of nitrogens with zero attached hydrogens (tertiary/aromatic N) is 4. The van der Waals surface area contributed by atoms with Crippen LogP contribution in [0, 0.1) is 12.7 Å². The third-order valence-corrected chi connectivity index (χ3v) is 6.55. The van der Waals surface area contributed by atoms with E-state index in [2.05, 4.69) is 39.0 Å². The molecule has 1 atom stereocenters. The second-order valence-corrected chi connectivity index (χ2v) is 8.73. The Balaban J connectivity index is 1.33. The monoisotopic (exact) mass is 430 g/mol. The van der Waals surface area contributed by atoms with Crippen LogP contribution in [0.4, 0.5) is 10.3 Å². The van der Waals surface area contributed by atoms with Crippen molar-refractivity contribution in [2.45, 2.75) is 32.2 Å². The molecule has 0 radical (unpaired) electrons. The standard InChI is InChI=1S/C26H27FN4O/c1-18-25-23(15-20(16-24(25)32)21-9-5-6-10-22(21)27)29-26(28-18)31-13-11-30(12-14-31)17-19-7-3-2-4-8-19/h2-10,20H,11-17H2,1H3/t20-/m1/s1. The van der Waals surface area contributed by atoms with Gasteiger partial charge in [-0.25, -0.2) is 14.4 Å². The van der Waals surface area contributed by atoms with E-state index in [-0.39, 0.29) is 17.5 Å². The number of piperazine rings is 1. The zero-order valence-electron chi connectivity index (χ0n) is 18.3. The van der Waals surface area contributed by atoms with Gasteiger partial charge in [0.25, 0.3) is 0 Å². The number of ketones is 1. The van der Waals surface area contributed by atoms with Crippen molar-refractivity contribution in [2.75, 3.05) is 31.1 Å². The van der Waals surface area contributed by atoms with Crippen LogP contribution in [0.1, 0.15) is 45.2 Å². The molecule has 1 aliphatic heterocycles. The number of rotatable bonds is 4. The average molecular weight is 431 g/mol. The quantitative estimate of drug-likeness (QED) is 0.622. The van der Waals surface area contributed by atoms with Gasteiger partial charge in [0.1, 0.15) is 5.82 Å². The fourth-order valence-electron chi connectivity index (χ4n) is 4.87. The number of fused-ring (bicyclic) bond motifs is 1. The molecule has 1 aliphatic carbocycles. The number of anilines is 1. The Kier molecular flexibility index (Phi) is 5.70. The van der Waals surface area contributed by atoms with Crippen LogP contribution in [0.25, 0.3) is 0 Å². The first kappa shape index (κ1) is 20.8. The van der Waals surface area contributed by atoms with Crippen LogP contribution in [0.2, 0.25) is 0 Å². The molecule has 0 unspecified atom stereocenters. The maximum atomic E-state index is 14.4. The summed E-state index contributed by atoms with van der Waals surface area (Å²) in [7, 11) is 0. The van der Waals surface area contributed by atoms with Gasteiger partial charge < -0.3 is 4.90 Å². The molecule has 5 nitrogen and oxygen atoms in total. The van der Waals surface area contributed by atoms with E-state index in [9.17, 15) is 9.18 Å². The summed E-state index contributed by atoms with van der Waals surface area (Å²) >= 11 is 0. The van der Waals surface area contributed by atoms with E-state index in [0.29, 0.717) is 29.9 Å². The van der Waals surface area contributed by atoms with Crippen LogP contribution in [-0.2, 0) is 13.0 Å². The molecule has 0 spiro atoms. The molecule has 164 valence electrons. The zero-order valence-corrected chi connectivity index (χ0v) is 18.3. The van der Waals surface area contributed by atoms with Gasteiger partial charge in [-0.1, -0.05) is 48.5 Å². The van der Waals surface area contributed by atoms with Crippen molar-refractivity contribution in [1.82, 2.24) is 14.9 Å². The number of benzene rings is 2. The molecule has 6 heteroatoms. The summed E-state index contributed by atoms with van der Waals surface area (Å²) in [6, 6.07) is 17.2. The van der Waals surface area contributed by atoms with E-state index < -0.39 is 0 Å². The number of hydrogen-bond acceptors (Lipinski definition) is 5. The van der Waals surface area contributed by atoms with E-state index in [1.54, 1.807) is 12.1 Å². The van der Waals surface area contributed by atoms with Crippen molar-refractivity contribution in [3.05, 3.63) is 88.5 Å². The SMILES string of the molecule is Cc1nc(N2CCN(Cc3ccccc3)CC2)nc2c1C(=O)C[C@H](c1ccccc1F)C2. The smallest absolute Gasteiger partial charge is 0.225 e. The number of carbonyl (C=O) groups is 1. The predicted octanol–water partition coefficient (Wildman–Crippen LogP) is 4.16. The molecule has 5 rings (SSSR count). The molecule has 2 aromatic carbocycles. The topological polar surface area (TPSA) is 49.3 Å². The lowest BCUT2D eigenvalue weighted by Crippen LogP contribution is -2.46. The highest BCUT2D eigenvalue weighted by Crippen LogP contribution is 2.34. The summed E-state index contributed by atoms with van der Waals surface area (Å²) in [6.07, 6.45) is 0.863. The van der Waals surface area contributed by atoms with Gasteiger partial charge in [-0.2, -0.15) is 0 Å². The highest BCUT2D eigenvalue weighted by atomic mass is 19.1. The number of aromatic nitrogens is 2. The third-order valence-electron chi connectivity index (χ3n) is 6.55. The fourth-order valence-corrected chi connectivity index (χ4v) is 4.87. The minimum atomic E-state index is -0.255. The van der Waals surface area contributed by atoms with Gasteiger partial charge in [0.15, 0.2) is 5.78 Å². The highest BCUT2D eigenvalue weighted by Gasteiger charge is 2.32. The van der Waals surface area contributed by atoms with Crippen molar-refractivity contribution < 1.29 is 9.18 Å². The lowest BCUT2D eigenvalue weighted by molar-refractivity contribution is 0.0961. The van der Waals surface area contributed by atoms with Gasteiger partial charge in [0, 0.05) is 39.1 Å². The summed E-state index contributed by atoms with van der Waals surface area (Å²) in [5, 5.41) is 0. The molecule has 32 heavy (non-hydrogen) atoms. The lowest BCUT2D eigenvalue weighted by Gasteiger charge is -2.35. The molecule has 0 N–H and O–H groups in total. The van der Waals surface area contributed by atoms with Gasteiger partial charge in [0.05, 0.1) is 17.0 Å². The second-order valence-electron chi connectivity index (χ2n) is 8.73. The number of Topliss-reactive ketones (excluding diaryl/α,β-unsaturated/α-hetero) is 1. The van der Waals surface area contributed by atoms with E-state index in [1.165, 1.54) is 11.6 Å². The van der Waals surface area contributed by atoms with Crippen LogP contribution in [0.15, 0.2) is 54.6 Å². The fraction of sp³-hybridized carbons (Fsp3) is 0.346. The summed E-state index contributed by atoms with van der Waals surface area (Å²) in [4.78, 5) is 27.0. The molecular weight excluding hydrogens is 403 g/mol. The molecule has 2 aliphatic rings. The van der Waals surface area contributed by atoms with Crippen LogP contribution < -0.4 is 4.90 Å². The molecule has 3 aromatic rings. The summed E-state index contributed by atoms with van der Waals surface area (Å²) in [6.45, 7) is 6.39. The molecule has 0 saturated carbocycles. The molecule has 1 aromatic heterocycles. The van der Waals surface area contributed by atoms with E-state index in [0.717, 1.165) is 44.1 Å². The minimum Gasteiger partial charge on any atom is -0.338 e. The first-order chi connectivity index (χ1) is 15.6. The highest BCUT2D eigenvalue weighted by molar-refractivity contribution is 5.99. The number of carbonyl (C=O) groups excluding carboxylic acids is 1. The molecule has 2 heterocycles. The van der Waals surface area contributed by atoms with Gasteiger partial charge in [0.2, 0.25) is 5.95 Å². The second kappa shape index (κ2) is 8.79. The van der Waals surface area contributed by atoms with Crippen molar-refractivity contribution in [1.29, 1.82) is 0 Å². The first-order valence-electron chi connectivity index (χ1n) is 11.2. The molecule has 0 bridgehead atoms. The van der Waals surface area contributed by atoms with Gasteiger partial charge in [-0.3, -0.25) is 9.69 Å². The van der Waals surface area contributed by atoms with Crippen LogP contribution in [-0.4, -0.2) is 46.8 Å². The van der Waals surface area contributed by atoms with E-state index in [4.69, 9.17) is 4.98 Å². The molecule has 1 fully saturated rings. The number of aryl methyl sites for hydroxylation is 1. The number of hydrogen-bond donors (Lipinski definition) is 0. The maximum Gasteiger partial charge on any atom is 0.225 e. The van der Waals surface area contributed by atoms with E-state index in [1.807, 2.05) is 19.1 Å². The first-order valence-corrected chi connectivity index (χ1v) is 11.2. The Morgan fingerprint density at radius 2 is 1.66 bits per heavy atom. The zero-order chi connectivity index (χ0) is 22.1. The van der Waals surface area contributed by atoms with Crippen molar-refractivity contribution in [3.63, 3.8) is 0 Å². The Bertz CT molecular complexity index is 1130. The molecule has 0 amide bonds. The Morgan fingerprint density at radius 1 is 0.938 bits per heavy atom. The van der Waals surface area contributed by atoms with Crippen LogP contribution >= 0.6 is 0 Å². The van der Waals surface area contributed by atoms with Gasteiger partial charge >= 0.3 is 0 Å². The van der Waals surface area contributed by atoms with Gasteiger partial charge in [-0.05, 0) is 36.5 Å². The summed E-state index contributed by atoms with van der Waals surface area (Å²) < 4.78 is 14.4. The molecule has 1 saturated heterocycles. The van der Waals surface area contributed by atoms with Crippen molar-refractivity contribution >= 4 is 11.7 Å². The average Bonchev–Trinajstić information content (AvgIpc) is 2.80. The Hall–Kier alpha value is -3.12. The summed E-state index contributed by atoms with van der Waals surface area (Å²) in [5.41, 5.74) is 4.03. The normalized spacial score (nSPS) is 19.1. The van der Waals surface area contributed by atoms with Crippen molar-refractivity contribution in [2.24, 2.45) is 0 Å².